The Hall–Kier alpha value is -0.0400. The fraction of sp³-hybridized carbons (Fsp3) is 1.00. The van der Waals surface area contributed by atoms with Gasteiger partial charge in [0.2, 0.25) is 0 Å². The fourth-order valence-electron chi connectivity index (χ4n) is 1.85. The van der Waals surface area contributed by atoms with Crippen molar-refractivity contribution in [3.63, 3.8) is 0 Å². The van der Waals surface area contributed by atoms with Crippen molar-refractivity contribution in [3.05, 3.63) is 0 Å². The van der Waals surface area contributed by atoms with Gasteiger partial charge < -0.3 is 5.11 Å². The lowest BCUT2D eigenvalue weighted by Gasteiger charge is -2.21. The highest BCUT2D eigenvalue weighted by Gasteiger charge is 2.37. The molecule has 0 radical (unpaired) electrons. The van der Waals surface area contributed by atoms with Crippen LogP contribution >= 0.6 is 0 Å². The molecular formula is C8H16O. The Morgan fingerprint density at radius 1 is 1.44 bits per heavy atom. The van der Waals surface area contributed by atoms with Gasteiger partial charge in [0.05, 0.1) is 5.60 Å². The molecule has 0 aromatic carbocycles. The Morgan fingerprint density at radius 2 is 2.00 bits per heavy atom. The standard InChI is InChI=1S/C8H16O/c1-6-4-7(2)8(3,9)5-6/h6-7,9H,4-5H2,1-3H3. The van der Waals surface area contributed by atoms with Gasteiger partial charge in [-0.25, -0.2) is 0 Å². The van der Waals surface area contributed by atoms with Crippen molar-refractivity contribution >= 4 is 0 Å². The first-order valence-electron chi connectivity index (χ1n) is 3.75. The molecule has 0 aromatic rings. The lowest BCUT2D eigenvalue weighted by Crippen LogP contribution is -2.26. The Morgan fingerprint density at radius 3 is 2.11 bits per heavy atom. The zero-order valence-corrected chi connectivity index (χ0v) is 6.52. The molecule has 1 aliphatic carbocycles. The largest absolute Gasteiger partial charge is 0.390 e. The molecule has 1 saturated carbocycles. The van der Waals surface area contributed by atoms with Gasteiger partial charge >= 0.3 is 0 Å². The van der Waals surface area contributed by atoms with Gasteiger partial charge in [-0.1, -0.05) is 13.8 Å². The maximum Gasteiger partial charge on any atom is 0.0647 e. The maximum atomic E-state index is 9.63. The molecule has 1 fully saturated rings. The lowest BCUT2D eigenvalue weighted by atomic mass is 9.95. The minimum Gasteiger partial charge on any atom is -0.390 e. The molecule has 1 nitrogen and oxygen atoms in total. The van der Waals surface area contributed by atoms with E-state index in [0.29, 0.717) is 5.92 Å². The normalized spacial score (nSPS) is 52.0. The Labute approximate surface area is 57.1 Å². The number of hydrogen-bond donors (Lipinski definition) is 1. The van der Waals surface area contributed by atoms with E-state index in [1.54, 1.807) is 0 Å². The van der Waals surface area contributed by atoms with Gasteiger partial charge in [0.25, 0.3) is 0 Å². The molecule has 1 aliphatic rings. The van der Waals surface area contributed by atoms with Gasteiger partial charge in [-0.2, -0.15) is 0 Å². The van der Waals surface area contributed by atoms with E-state index < -0.39 is 0 Å². The van der Waals surface area contributed by atoms with Crippen LogP contribution in [0.1, 0.15) is 33.6 Å². The summed E-state index contributed by atoms with van der Waals surface area (Å²) in [5.41, 5.74) is -0.376. The summed E-state index contributed by atoms with van der Waals surface area (Å²) in [4.78, 5) is 0. The Balaban J connectivity index is 2.58. The Kier molecular flexibility index (Phi) is 1.55. The Bertz CT molecular complexity index is 107. The summed E-state index contributed by atoms with van der Waals surface area (Å²) in [6.45, 7) is 6.28. The van der Waals surface area contributed by atoms with Gasteiger partial charge in [-0.3, -0.25) is 0 Å². The van der Waals surface area contributed by atoms with Crippen molar-refractivity contribution in [3.8, 4) is 0 Å². The molecule has 0 aromatic heterocycles. The van der Waals surface area contributed by atoms with E-state index in [9.17, 15) is 5.11 Å². The molecule has 0 amide bonds. The summed E-state index contributed by atoms with van der Waals surface area (Å²) >= 11 is 0. The van der Waals surface area contributed by atoms with Crippen molar-refractivity contribution in [2.75, 3.05) is 0 Å². The fourth-order valence-corrected chi connectivity index (χ4v) is 1.85. The summed E-state index contributed by atoms with van der Waals surface area (Å²) < 4.78 is 0. The van der Waals surface area contributed by atoms with E-state index in [0.717, 1.165) is 12.3 Å². The van der Waals surface area contributed by atoms with Crippen LogP contribution in [0.3, 0.4) is 0 Å². The summed E-state index contributed by atoms with van der Waals surface area (Å²) in [7, 11) is 0. The highest BCUT2D eigenvalue weighted by Crippen LogP contribution is 2.38. The molecule has 1 heteroatoms. The molecule has 1 N–H and O–H groups in total. The van der Waals surface area contributed by atoms with Crippen molar-refractivity contribution < 1.29 is 5.11 Å². The van der Waals surface area contributed by atoms with E-state index in [2.05, 4.69) is 13.8 Å². The van der Waals surface area contributed by atoms with E-state index in [-0.39, 0.29) is 5.60 Å². The number of rotatable bonds is 0. The molecule has 0 heterocycles. The van der Waals surface area contributed by atoms with Gasteiger partial charge in [-0.15, -0.1) is 0 Å². The van der Waals surface area contributed by atoms with Gasteiger partial charge in [-0.05, 0) is 31.6 Å². The van der Waals surface area contributed by atoms with E-state index in [1.807, 2.05) is 6.92 Å². The second-order valence-electron chi connectivity index (χ2n) is 3.80. The second kappa shape index (κ2) is 1.98. The summed E-state index contributed by atoms with van der Waals surface area (Å²) in [6.07, 6.45) is 2.17. The lowest BCUT2D eigenvalue weighted by molar-refractivity contribution is 0.0266. The van der Waals surface area contributed by atoms with Crippen LogP contribution in [-0.4, -0.2) is 10.7 Å². The molecule has 3 unspecified atom stereocenters. The zero-order valence-electron chi connectivity index (χ0n) is 6.52. The van der Waals surface area contributed by atoms with Crippen LogP contribution in [0, 0.1) is 11.8 Å². The molecule has 0 aliphatic heterocycles. The highest BCUT2D eigenvalue weighted by molar-refractivity contribution is 4.88. The van der Waals surface area contributed by atoms with Crippen molar-refractivity contribution in [2.24, 2.45) is 11.8 Å². The van der Waals surface area contributed by atoms with Crippen LogP contribution in [0.25, 0.3) is 0 Å². The van der Waals surface area contributed by atoms with Crippen molar-refractivity contribution in [1.82, 2.24) is 0 Å². The van der Waals surface area contributed by atoms with Crippen LogP contribution in [0.2, 0.25) is 0 Å². The third kappa shape index (κ3) is 1.26. The van der Waals surface area contributed by atoms with Gasteiger partial charge in [0, 0.05) is 0 Å². The summed E-state index contributed by atoms with van der Waals surface area (Å²) in [5.74, 6) is 1.21. The number of hydrogen-bond acceptors (Lipinski definition) is 1. The van der Waals surface area contributed by atoms with E-state index in [4.69, 9.17) is 0 Å². The molecule has 0 bridgehead atoms. The van der Waals surface area contributed by atoms with E-state index >= 15 is 0 Å². The van der Waals surface area contributed by atoms with Crippen LogP contribution in [-0.2, 0) is 0 Å². The molecule has 0 saturated heterocycles. The molecule has 9 heavy (non-hydrogen) atoms. The topological polar surface area (TPSA) is 20.2 Å². The maximum absolute atomic E-state index is 9.63. The first-order chi connectivity index (χ1) is 4.02. The first kappa shape index (κ1) is 7.07. The minimum atomic E-state index is -0.376. The van der Waals surface area contributed by atoms with Crippen molar-refractivity contribution in [1.29, 1.82) is 0 Å². The first-order valence-corrected chi connectivity index (χ1v) is 3.75. The smallest absolute Gasteiger partial charge is 0.0647 e. The van der Waals surface area contributed by atoms with Crippen LogP contribution < -0.4 is 0 Å². The molecule has 54 valence electrons. The van der Waals surface area contributed by atoms with Gasteiger partial charge in [0.15, 0.2) is 0 Å². The molecule has 3 atom stereocenters. The van der Waals surface area contributed by atoms with Crippen LogP contribution in [0.4, 0.5) is 0 Å². The highest BCUT2D eigenvalue weighted by atomic mass is 16.3. The predicted octanol–water partition coefficient (Wildman–Crippen LogP) is 1.80. The molecule has 1 rings (SSSR count). The van der Waals surface area contributed by atoms with Crippen LogP contribution in [0.5, 0.6) is 0 Å². The summed E-state index contributed by atoms with van der Waals surface area (Å²) in [6, 6.07) is 0. The predicted molar refractivity (Wildman–Crippen MR) is 38.2 cm³/mol. The number of aliphatic hydroxyl groups is 1. The average Bonchev–Trinajstić information content (AvgIpc) is 1.79. The molecular weight excluding hydrogens is 112 g/mol. The van der Waals surface area contributed by atoms with E-state index in [1.165, 1.54) is 6.42 Å². The third-order valence-electron chi connectivity index (χ3n) is 2.58. The zero-order chi connectivity index (χ0) is 7.07. The summed E-state index contributed by atoms with van der Waals surface area (Å²) in [5, 5.41) is 9.63. The van der Waals surface area contributed by atoms with Crippen LogP contribution in [0.15, 0.2) is 0 Å². The molecule has 0 spiro atoms. The monoisotopic (exact) mass is 128 g/mol. The third-order valence-corrected chi connectivity index (χ3v) is 2.58. The minimum absolute atomic E-state index is 0.376. The quantitative estimate of drug-likeness (QED) is 0.527. The second-order valence-corrected chi connectivity index (χ2v) is 3.80. The SMILES string of the molecule is CC1CC(C)C(C)(O)C1. The average molecular weight is 128 g/mol. The van der Waals surface area contributed by atoms with Crippen molar-refractivity contribution in [2.45, 2.75) is 39.2 Å². The van der Waals surface area contributed by atoms with Gasteiger partial charge in [0.1, 0.15) is 0 Å².